The first-order valence-corrected chi connectivity index (χ1v) is 44.3. The SMILES string of the molecule is COC(=O)CCCOc1cc(Cc2ccc(Cc3ccc(Cc4ccccc4OC(=O)C(C)(C)CCCC(=O)OC)cc3OCCCC(=O)OC)cc2OCCCC(=O)OC)ccc1CCc1ccc(Cc2ccc(Cc3ccc(Cc4ccccc4OC(=O)C(C)(C)CCCC(=O)OC)cc3OCCCC(=O)OC)cc2OCCCC(=O)OC)cc1OCCCC(=O)OC. The molecule has 0 unspecified atom stereocenters. The molecule has 26 nitrogen and oxygen atoms in total. The minimum atomic E-state index is -0.885. The largest absolute Gasteiger partial charge is 0.493 e. The summed E-state index contributed by atoms with van der Waals surface area (Å²) in [7, 11) is 10.8. The second-order valence-corrected chi connectivity index (χ2v) is 33.0. The molecule has 0 aliphatic rings. The summed E-state index contributed by atoms with van der Waals surface area (Å²) in [6, 6.07) is 51.0. The summed E-state index contributed by atoms with van der Waals surface area (Å²) in [5, 5.41) is 0. The molecule has 0 aromatic heterocycles. The van der Waals surface area contributed by atoms with Gasteiger partial charge in [-0.2, -0.15) is 0 Å². The van der Waals surface area contributed by atoms with E-state index < -0.39 is 22.8 Å². The Kier molecular flexibility index (Phi) is 42.6. The second-order valence-electron chi connectivity index (χ2n) is 33.0. The Balaban J connectivity index is 1.07. The number of carbonyl (C=O) groups excluding carboxylic acids is 10. The third-order valence-corrected chi connectivity index (χ3v) is 22.2. The molecule has 0 bridgehead atoms. The number of carbonyl (C=O) groups is 10. The molecule has 0 saturated carbocycles. The summed E-state index contributed by atoms with van der Waals surface area (Å²) in [6.07, 6.45) is 8.74. The average Bonchev–Trinajstić information content (AvgIpc) is 0.819. The molecular formula is C104H126O26. The molecule has 130 heavy (non-hydrogen) atoms. The van der Waals surface area contributed by atoms with E-state index in [1.807, 2.05) is 133 Å². The maximum Gasteiger partial charge on any atom is 0.316 e. The smallest absolute Gasteiger partial charge is 0.316 e. The zero-order valence-corrected chi connectivity index (χ0v) is 77.3. The van der Waals surface area contributed by atoms with Crippen molar-refractivity contribution in [3.8, 4) is 46.0 Å². The molecule has 0 saturated heterocycles. The minimum Gasteiger partial charge on any atom is -0.493 e. The lowest BCUT2D eigenvalue weighted by Gasteiger charge is -2.23. The Labute approximate surface area is 763 Å². The van der Waals surface area contributed by atoms with Gasteiger partial charge in [0.15, 0.2) is 0 Å². The van der Waals surface area contributed by atoms with Crippen LogP contribution in [0.25, 0.3) is 0 Å². The molecule has 0 fully saturated rings. The number of methoxy groups -OCH3 is 8. The molecule has 26 heteroatoms. The van der Waals surface area contributed by atoms with Gasteiger partial charge in [-0.25, -0.2) is 0 Å². The zero-order valence-electron chi connectivity index (χ0n) is 77.3. The molecule has 0 atom stereocenters. The van der Waals surface area contributed by atoms with E-state index in [2.05, 4.69) is 12.1 Å². The van der Waals surface area contributed by atoms with Gasteiger partial charge in [-0.1, -0.05) is 109 Å². The molecule has 0 spiro atoms. The van der Waals surface area contributed by atoms with Gasteiger partial charge in [0, 0.05) is 89.9 Å². The molecule has 0 N–H and O–H groups in total. The predicted octanol–water partition coefficient (Wildman–Crippen LogP) is 17.6. The molecule has 8 aromatic carbocycles. The molecule has 8 rings (SSSR count). The van der Waals surface area contributed by atoms with Gasteiger partial charge in [-0.3, -0.25) is 47.9 Å². The predicted molar refractivity (Wildman–Crippen MR) is 487 cm³/mol. The first-order valence-electron chi connectivity index (χ1n) is 44.3. The number of rotatable bonds is 57. The van der Waals surface area contributed by atoms with Crippen LogP contribution in [0.2, 0.25) is 0 Å². The van der Waals surface area contributed by atoms with Crippen LogP contribution < -0.4 is 37.9 Å². The van der Waals surface area contributed by atoms with Crippen molar-refractivity contribution >= 4 is 59.7 Å². The van der Waals surface area contributed by atoms with Gasteiger partial charge in [-0.05, 0) is 231 Å². The van der Waals surface area contributed by atoms with E-state index in [1.165, 1.54) is 56.9 Å². The van der Waals surface area contributed by atoms with Gasteiger partial charge in [0.1, 0.15) is 46.0 Å². The number of esters is 10. The number of hydrogen-bond acceptors (Lipinski definition) is 26. The van der Waals surface area contributed by atoms with E-state index in [0.29, 0.717) is 162 Å². The van der Waals surface area contributed by atoms with Gasteiger partial charge in [0.05, 0.1) is 107 Å². The third-order valence-electron chi connectivity index (χ3n) is 22.2. The maximum atomic E-state index is 13.7. The molecule has 0 aliphatic carbocycles. The van der Waals surface area contributed by atoms with E-state index in [9.17, 15) is 47.9 Å². The van der Waals surface area contributed by atoms with Gasteiger partial charge in [0.25, 0.3) is 0 Å². The van der Waals surface area contributed by atoms with Gasteiger partial charge >= 0.3 is 59.7 Å². The fraction of sp³-hybridized carbons (Fsp3) is 0.442. The summed E-state index contributed by atoms with van der Waals surface area (Å²) in [6.45, 7) is 8.44. The quantitative estimate of drug-likeness (QED) is 0.0148. The summed E-state index contributed by atoms with van der Waals surface area (Å²) in [5.74, 6) is 0.718. The van der Waals surface area contributed by atoms with Crippen LogP contribution in [-0.2, 0) is 137 Å². The highest BCUT2D eigenvalue weighted by Gasteiger charge is 2.33. The van der Waals surface area contributed by atoms with Crippen LogP contribution in [0.5, 0.6) is 46.0 Å². The van der Waals surface area contributed by atoms with Crippen molar-refractivity contribution < 1.29 is 124 Å². The van der Waals surface area contributed by atoms with E-state index in [-0.39, 0.29) is 139 Å². The minimum absolute atomic E-state index is 0.144. The van der Waals surface area contributed by atoms with Crippen LogP contribution in [0.15, 0.2) is 158 Å². The van der Waals surface area contributed by atoms with Crippen molar-refractivity contribution in [1.29, 1.82) is 0 Å². The number of hydrogen-bond donors (Lipinski definition) is 0. The lowest BCUT2D eigenvalue weighted by Crippen LogP contribution is -2.29. The van der Waals surface area contributed by atoms with E-state index >= 15 is 0 Å². The topological polar surface area (TPSA) is 318 Å². The Morgan fingerprint density at radius 3 is 0.623 bits per heavy atom. The molecular weight excluding hydrogens is 1670 g/mol. The van der Waals surface area contributed by atoms with Crippen molar-refractivity contribution in [2.24, 2.45) is 10.8 Å². The summed E-state index contributed by atoms with van der Waals surface area (Å²) >= 11 is 0. The van der Waals surface area contributed by atoms with Crippen LogP contribution in [0, 0.1) is 10.8 Å². The normalized spacial score (nSPS) is 11.1. The zero-order chi connectivity index (χ0) is 93.8. The Morgan fingerprint density at radius 1 is 0.223 bits per heavy atom. The van der Waals surface area contributed by atoms with Crippen molar-refractivity contribution in [3.63, 3.8) is 0 Å². The molecule has 8 aromatic rings. The summed E-state index contributed by atoms with van der Waals surface area (Å²) < 4.78 is 90.9. The maximum absolute atomic E-state index is 13.7. The molecule has 0 radical (unpaired) electrons. The van der Waals surface area contributed by atoms with Gasteiger partial charge in [-0.15, -0.1) is 0 Å². The molecule has 0 heterocycles. The highest BCUT2D eigenvalue weighted by molar-refractivity contribution is 5.80. The van der Waals surface area contributed by atoms with Crippen molar-refractivity contribution in [3.05, 3.63) is 236 Å². The number of para-hydroxylation sites is 2. The third kappa shape index (κ3) is 34.7. The van der Waals surface area contributed by atoms with E-state index in [0.717, 1.165) is 77.9 Å². The Hall–Kier alpha value is -12.7. The lowest BCUT2D eigenvalue weighted by atomic mass is 9.87. The monoisotopic (exact) mass is 1790 g/mol. The van der Waals surface area contributed by atoms with E-state index in [4.69, 9.17) is 75.8 Å². The van der Waals surface area contributed by atoms with Crippen LogP contribution in [0.1, 0.15) is 221 Å². The molecule has 698 valence electrons. The molecule has 0 aliphatic heterocycles. The Morgan fingerprint density at radius 2 is 0.408 bits per heavy atom. The number of aryl methyl sites for hydroxylation is 2. The highest BCUT2D eigenvalue weighted by atomic mass is 16.6. The summed E-state index contributed by atoms with van der Waals surface area (Å²) in [5.41, 5.74) is 10.3. The lowest BCUT2D eigenvalue weighted by molar-refractivity contribution is -0.146. The number of benzene rings is 8. The van der Waals surface area contributed by atoms with Crippen LogP contribution in [0.4, 0.5) is 0 Å². The van der Waals surface area contributed by atoms with Crippen molar-refractivity contribution in [2.75, 3.05) is 96.5 Å². The van der Waals surface area contributed by atoms with Crippen LogP contribution >= 0.6 is 0 Å². The van der Waals surface area contributed by atoms with Gasteiger partial charge < -0.3 is 75.8 Å². The first-order chi connectivity index (χ1) is 62.6. The summed E-state index contributed by atoms with van der Waals surface area (Å²) in [4.78, 5) is 125. The molecule has 0 amide bonds. The number of ether oxygens (including phenoxy) is 16. The fourth-order valence-corrected chi connectivity index (χ4v) is 14.4. The first kappa shape index (κ1) is 103. The van der Waals surface area contributed by atoms with Crippen molar-refractivity contribution in [1.82, 2.24) is 0 Å². The van der Waals surface area contributed by atoms with Gasteiger partial charge in [0.2, 0.25) is 0 Å². The Bertz CT molecular complexity index is 4760. The van der Waals surface area contributed by atoms with Crippen LogP contribution in [-0.4, -0.2) is 156 Å². The second kappa shape index (κ2) is 53.9. The average molecular weight is 1790 g/mol. The fourth-order valence-electron chi connectivity index (χ4n) is 14.4. The van der Waals surface area contributed by atoms with Crippen LogP contribution in [0.3, 0.4) is 0 Å². The standard InChI is InChI=1S/C104H126O26/c1-103(2,51-17-29-93(105)115-5)101(113)129-85-27-15-13-25-79(85)59-73-39-45-83(89(67-73)125-55-21-33-97(109)119-9)63-75-41-47-81(91(69-75)127-57-23-35-99(111)121-11)61-71-37-43-77(87(65-71)123-53-19-31-95(107)117-7)49-50-78-44-38-72(66-88(78)124-54-20-32-96(108)118-8)62-82-48-42-76(70-92(82)128-58-24-36-100(112)122-12)64-84-46-40-74(68-90(84)126-56-22-34-98(110)120-10)60-80-26-14-16-28-86(80)130-102(114)104(3,4)52-18-30-94(106)116-6/h13-16,25-28,37-48,65-70H,17-24,29-36,49-64H2,1-12H3. The van der Waals surface area contributed by atoms with Crippen molar-refractivity contribution in [2.45, 2.75) is 195 Å². The highest BCUT2D eigenvalue weighted by Crippen LogP contribution is 2.38. The van der Waals surface area contributed by atoms with E-state index in [1.54, 1.807) is 39.8 Å².